The highest BCUT2D eigenvalue weighted by molar-refractivity contribution is 7.15. The van der Waals surface area contributed by atoms with Gasteiger partial charge in [0.25, 0.3) is 0 Å². The lowest BCUT2D eigenvalue weighted by Gasteiger charge is -2.27. The normalized spacial score (nSPS) is 17.2. The third-order valence-corrected chi connectivity index (χ3v) is 6.13. The third kappa shape index (κ3) is 3.16. The average Bonchev–Trinajstić information content (AvgIpc) is 3.22. The first-order valence-electron chi connectivity index (χ1n) is 7.89. The van der Waals surface area contributed by atoms with Crippen LogP contribution in [0.4, 0.5) is 0 Å². The first kappa shape index (κ1) is 16.1. The minimum Gasteiger partial charge on any atom is -0.481 e. The summed E-state index contributed by atoms with van der Waals surface area (Å²) in [6.07, 6.45) is 1.58. The van der Waals surface area contributed by atoms with Crippen LogP contribution in [0.25, 0.3) is 10.6 Å². The smallest absolute Gasteiger partial charge is 0.310 e. The van der Waals surface area contributed by atoms with Crippen molar-refractivity contribution in [2.24, 2.45) is 5.41 Å². The molecule has 1 atom stereocenters. The van der Waals surface area contributed by atoms with Crippen molar-refractivity contribution in [3.05, 3.63) is 40.9 Å². The molecule has 1 fully saturated rings. The zero-order chi connectivity index (χ0) is 16.6. The molecule has 5 heteroatoms. The maximum absolute atomic E-state index is 11.4. The standard InChI is InChI=1S/C18H22N2O2S/c1-12-15(23-16(19-12)14-7-5-4-6-8-14)13(2)20(3)11-18(9-10-18)17(21)22/h4-8,13H,9-11H2,1-3H3,(H,21,22). The number of carboxylic acid groups (broad SMARTS) is 1. The minimum absolute atomic E-state index is 0.168. The number of carbonyl (C=O) groups is 1. The van der Waals surface area contributed by atoms with Gasteiger partial charge in [0.05, 0.1) is 11.1 Å². The van der Waals surface area contributed by atoms with Crippen LogP contribution in [-0.2, 0) is 4.79 Å². The van der Waals surface area contributed by atoms with E-state index in [1.807, 2.05) is 32.2 Å². The number of aromatic nitrogens is 1. The molecule has 1 aromatic heterocycles. The summed E-state index contributed by atoms with van der Waals surface area (Å²) in [5, 5.41) is 10.4. The van der Waals surface area contributed by atoms with Gasteiger partial charge < -0.3 is 5.11 Å². The van der Waals surface area contributed by atoms with E-state index in [1.165, 1.54) is 4.88 Å². The Morgan fingerprint density at radius 2 is 2.04 bits per heavy atom. The van der Waals surface area contributed by atoms with Gasteiger partial charge in [0.2, 0.25) is 0 Å². The van der Waals surface area contributed by atoms with E-state index < -0.39 is 11.4 Å². The van der Waals surface area contributed by atoms with Gasteiger partial charge in [-0.1, -0.05) is 30.3 Å². The van der Waals surface area contributed by atoms with Crippen LogP contribution in [0.2, 0.25) is 0 Å². The van der Waals surface area contributed by atoms with Crippen LogP contribution in [0.1, 0.15) is 36.4 Å². The van der Waals surface area contributed by atoms with Gasteiger partial charge in [-0.3, -0.25) is 9.69 Å². The second-order valence-corrected chi connectivity index (χ2v) is 7.54. The predicted octanol–water partition coefficient (Wildman–Crippen LogP) is 3.98. The second-order valence-electron chi connectivity index (χ2n) is 6.51. The zero-order valence-electron chi connectivity index (χ0n) is 13.7. The molecule has 122 valence electrons. The molecule has 1 aliphatic rings. The van der Waals surface area contributed by atoms with Crippen LogP contribution in [-0.4, -0.2) is 34.6 Å². The molecule has 0 saturated heterocycles. The molecule has 4 nitrogen and oxygen atoms in total. The summed E-state index contributed by atoms with van der Waals surface area (Å²) in [5.74, 6) is -0.664. The van der Waals surface area contributed by atoms with Gasteiger partial charge in [-0.05, 0) is 33.7 Å². The lowest BCUT2D eigenvalue weighted by molar-refractivity contribution is -0.144. The van der Waals surface area contributed by atoms with Crippen molar-refractivity contribution in [1.82, 2.24) is 9.88 Å². The van der Waals surface area contributed by atoms with Crippen molar-refractivity contribution in [3.63, 3.8) is 0 Å². The lowest BCUT2D eigenvalue weighted by Crippen LogP contribution is -2.33. The summed E-state index contributed by atoms with van der Waals surface area (Å²) in [7, 11) is 2.01. The summed E-state index contributed by atoms with van der Waals surface area (Å²) in [5.41, 5.74) is 1.64. The molecule has 1 aromatic carbocycles. The van der Waals surface area contributed by atoms with E-state index in [1.54, 1.807) is 11.3 Å². The molecule has 3 rings (SSSR count). The molecule has 2 aromatic rings. The van der Waals surface area contributed by atoms with Crippen molar-refractivity contribution in [2.75, 3.05) is 13.6 Å². The Morgan fingerprint density at radius 3 is 2.61 bits per heavy atom. The second kappa shape index (κ2) is 6.06. The molecule has 1 saturated carbocycles. The van der Waals surface area contributed by atoms with Crippen molar-refractivity contribution in [3.8, 4) is 10.6 Å². The Morgan fingerprint density at radius 1 is 1.39 bits per heavy atom. The number of thiazole rings is 1. The van der Waals surface area contributed by atoms with Crippen LogP contribution in [0.3, 0.4) is 0 Å². The van der Waals surface area contributed by atoms with Gasteiger partial charge in [0.1, 0.15) is 5.01 Å². The molecular weight excluding hydrogens is 308 g/mol. The van der Waals surface area contributed by atoms with E-state index >= 15 is 0 Å². The number of nitrogens with zero attached hydrogens (tertiary/aromatic N) is 2. The number of hydrogen-bond acceptors (Lipinski definition) is 4. The third-order valence-electron chi connectivity index (χ3n) is 4.75. The van der Waals surface area contributed by atoms with Crippen molar-refractivity contribution in [2.45, 2.75) is 32.7 Å². The Kier molecular flexibility index (Phi) is 4.25. The average molecular weight is 330 g/mol. The molecule has 0 amide bonds. The highest BCUT2D eigenvalue weighted by Gasteiger charge is 2.51. The summed E-state index contributed by atoms with van der Waals surface area (Å²) in [6.45, 7) is 4.77. The molecular formula is C18H22N2O2S. The summed E-state index contributed by atoms with van der Waals surface area (Å²) < 4.78 is 0. The van der Waals surface area contributed by atoms with Gasteiger partial charge in [0, 0.05) is 23.0 Å². The van der Waals surface area contributed by atoms with Crippen LogP contribution in [0, 0.1) is 12.3 Å². The Bertz CT molecular complexity index is 707. The first-order valence-corrected chi connectivity index (χ1v) is 8.71. The number of aliphatic carboxylic acids is 1. The zero-order valence-corrected chi connectivity index (χ0v) is 14.6. The summed E-state index contributed by atoms with van der Waals surface area (Å²) >= 11 is 1.70. The molecule has 0 spiro atoms. The Hall–Kier alpha value is -1.72. The molecule has 1 aliphatic carbocycles. The summed E-state index contributed by atoms with van der Waals surface area (Å²) in [6, 6.07) is 10.3. The number of carboxylic acids is 1. The van der Waals surface area contributed by atoms with Crippen molar-refractivity contribution >= 4 is 17.3 Å². The lowest BCUT2D eigenvalue weighted by atomic mass is 10.1. The van der Waals surface area contributed by atoms with Gasteiger partial charge in [0.15, 0.2) is 0 Å². The highest BCUT2D eigenvalue weighted by atomic mass is 32.1. The van der Waals surface area contributed by atoms with E-state index in [0.717, 1.165) is 29.1 Å². The molecule has 23 heavy (non-hydrogen) atoms. The van der Waals surface area contributed by atoms with Crippen LogP contribution in [0.15, 0.2) is 30.3 Å². The fourth-order valence-electron chi connectivity index (χ4n) is 2.91. The highest BCUT2D eigenvalue weighted by Crippen LogP contribution is 2.47. The SMILES string of the molecule is Cc1nc(-c2ccccc2)sc1C(C)N(C)CC1(C(=O)O)CC1. The topological polar surface area (TPSA) is 53.4 Å². The maximum Gasteiger partial charge on any atom is 0.310 e. The maximum atomic E-state index is 11.4. The van der Waals surface area contributed by atoms with E-state index in [0.29, 0.717) is 6.54 Å². The fourth-order valence-corrected chi connectivity index (χ4v) is 4.09. The van der Waals surface area contributed by atoms with E-state index in [2.05, 4.69) is 24.0 Å². The largest absolute Gasteiger partial charge is 0.481 e. The van der Waals surface area contributed by atoms with E-state index in [-0.39, 0.29) is 6.04 Å². The molecule has 0 aliphatic heterocycles. The van der Waals surface area contributed by atoms with E-state index in [9.17, 15) is 9.90 Å². The Balaban J connectivity index is 1.79. The molecule has 1 unspecified atom stereocenters. The first-order chi connectivity index (χ1) is 10.9. The van der Waals surface area contributed by atoms with Gasteiger partial charge >= 0.3 is 5.97 Å². The monoisotopic (exact) mass is 330 g/mol. The molecule has 0 bridgehead atoms. The van der Waals surface area contributed by atoms with Gasteiger partial charge in [-0.2, -0.15) is 0 Å². The number of benzene rings is 1. The fraction of sp³-hybridized carbons (Fsp3) is 0.444. The van der Waals surface area contributed by atoms with Crippen LogP contribution >= 0.6 is 11.3 Å². The quantitative estimate of drug-likeness (QED) is 0.870. The van der Waals surface area contributed by atoms with Crippen molar-refractivity contribution in [1.29, 1.82) is 0 Å². The predicted molar refractivity (Wildman–Crippen MR) is 92.6 cm³/mol. The Labute approximate surface area is 140 Å². The minimum atomic E-state index is -0.664. The van der Waals surface area contributed by atoms with Crippen LogP contribution in [0.5, 0.6) is 0 Å². The van der Waals surface area contributed by atoms with Crippen LogP contribution < -0.4 is 0 Å². The van der Waals surface area contributed by atoms with Gasteiger partial charge in [-0.15, -0.1) is 11.3 Å². The summed E-state index contributed by atoms with van der Waals surface area (Å²) in [4.78, 5) is 19.5. The molecule has 0 radical (unpaired) electrons. The van der Waals surface area contributed by atoms with E-state index in [4.69, 9.17) is 4.98 Å². The molecule has 1 heterocycles. The van der Waals surface area contributed by atoms with Gasteiger partial charge in [-0.25, -0.2) is 4.98 Å². The number of hydrogen-bond donors (Lipinski definition) is 1. The number of rotatable bonds is 6. The molecule has 1 N–H and O–H groups in total. The van der Waals surface area contributed by atoms with Crippen molar-refractivity contribution < 1.29 is 9.90 Å². The number of aryl methyl sites for hydroxylation is 1.